The molecule has 0 aliphatic carbocycles. The fraction of sp³-hybridized carbons (Fsp3) is 0.480. The number of hydrogen-bond acceptors (Lipinski definition) is 5. The Morgan fingerprint density at radius 1 is 1.16 bits per heavy atom. The van der Waals surface area contributed by atoms with Gasteiger partial charge in [-0.1, -0.05) is 18.2 Å². The maximum atomic E-state index is 8.97. The van der Waals surface area contributed by atoms with Gasteiger partial charge in [-0.25, -0.2) is 4.99 Å². The van der Waals surface area contributed by atoms with Crippen LogP contribution in [0.5, 0.6) is 11.5 Å². The normalized spacial score (nSPS) is 14.9. The van der Waals surface area contributed by atoms with E-state index in [-0.39, 0.29) is 19.3 Å². The molecule has 1 unspecified atom stereocenters. The summed E-state index contributed by atoms with van der Waals surface area (Å²) in [5.41, 5.74) is 3.55. The fourth-order valence-corrected chi connectivity index (χ4v) is 3.83. The molecule has 1 aliphatic heterocycles. The van der Waals surface area contributed by atoms with E-state index in [0.717, 1.165) is 31.2 Å². The van der Waals surface area contributed by atoms with E-state index in [1.165, 1.54) is 24.1 Å². The van der Waals surface area contributed by atoms with Crippen molar-refractivity contribution < 1.29 is 14.6 Å². The summed E-state index contributed by atoms with van der Waals surface area (Å²) in [6.07, 6.45) is 2.54. The number of anilines is 1. The Balaban J connectivity index is 1.67. The van der Waals surface area contributed by atoms with Gasteiger partial charge in [0.05, 0.1) is 26.3 Å². The Morgan fingerprint density at radius 2 is 1.97 bits per heavy atom. The molecule has 2 aromatic carbocycles. The van der Waals surface area contributed by atoms with Crippen molar-refractivity contribution in [2.45, 2.75) is 39.3 Å². The number of ether oxygens (including phenoxy) is 2. The third-order valence-corrected chi connectivity index (χ3v) is 5.54. The van der Waals surface area contributed by atoms with E-state index in [1.54, 1.807) is 7.11 Å². The zero-order valence-electron chi connectivity index (χ0n) is 19.4. The van der Waals surface area contributed by atoms with E-state index in [4.69, 9.17) is 19.6 Å². The molecule has 7 nitrogen and oxygen atoms in total. The second kappa shape index (κ2) is 12.2. The molecule has 174 valence electrons. The number of nitrogens with zero attached hydrogens (tertiary/aromatic N) is 2. The number of methoxy groups -OCH3 is 1. The van der Waals surface area contributed by atoms with Crippen LogP contribution in [-0.2, 0) is 6.54 Å². The standard InChI is InChI=1S/C25H36N4O3/c1-4-26-25(27-18-20-10-11-23(32-15-14-30)24(16-20)31-3)28-19(2)21-8-7-9-22(17-21)29-12-5-6-13-29/h7-11,16-17,19,30H,4-6,12-15,18H2,1-3H3,(H2,26,27,28). The van der Waals surface area contributed by atoms with Gasteiger partial charge in [-0.05, 0) is 62.1 Å². The Kier molecular flexibility index (Phi) is 9.04. The number of aliphatic hydroxyl groups is 1. The number of aliphatic imine (C=N–C) groups is 1. The zero-order valence-corrected chi connectivity index (χ0v) is 19.4. The average molecular weight is 441 g/mol. The van der Waals surface area contributed by atoms with Crippen LogP contribution in [0, 0.1) is 0 Å². The third kappa shape index (κ3) is 6.53. The van der Waals surface area contributed by atoms with Gasteiger partial charge in [0.2, 0.25) is 0 Å². The Hall–Kier alpha value is -2.93. The number of nitrogens with one attached hydrogen (secondary N) is 2. The highest BCUT2D eigenvalue weighted by atomic mass is 16.5. The largest absolute Gasteiger partial charge is 0.493 e. The lowest BCUT2D eigenvalue weighted by Crippen LogP contribution is -2.38. The zero-order chi connectivity index (χ0) is 22.8. The SMILES string of the molecule is CCNC(=NCc1ccc(OCCO)c(OC)c1)NC(C)c1cccc(N2CCCC2)c1. The summed E-state index contributed by atoms with van der Waals surface area (Å²) in [6.45, 7) is 7.99. The van der Waals surface area contributed by atoms with Crippen LogP contribution in [0.25, 0.3) is 0 Å². The summed E-state index contributed by atoms with van der Waals surface area (Å²) in [5.74, 6) is 2.02. The first-order chi connectivity index (χ1) is 15.6. The number of aliphatic hydroxyl groups excluding tert-OH is 1. The highest BCUT2D eigenvalue weighted by molar-refractivity contribution is 5.80. The lowest BCUT2D eigenvalue weighted by Gasteiger charge is -2.22. The highest BCUT2D eigenvalue weighted by Gasteiger charge is 2.14. The van der Waals surface area contributed by atoms with Gasteiger partial charge in [0.15, 0.2) is 17.5 Å². The highest BCUT2D eigenvalue weighted by Crippen LogP contribution is 2.28. The number of rotatable bonds is 10. The van der Waals surface area contributed by atoms with Crippen molar-refractivity contribution in [2.24, 2.45) is 4.99 Å². The molecule has 0 spiro atoms. The molecule has 0 saturated carbocycles. The molecule has 0 radical (unpaired) electrons. The number of hydrogen-bond donors (Lipinski definition) is 3. The first-order valence-corrected chi connectivity index (χ1v) is 11.4. The Bertz CT molecular complexity index is 881. The van der Waals surface area contributed by atoms with Crippen molar-refractivity contribution in [3.63, 3.8) is 0 Å². The number of benzene rings is 2. The monoisotopic (exact) mass is 440 g/mol. The third-order valence-electron chi connectivity index (χ3n) is 5.54. The van der Waals surface area contributed by atoms with Crippen molar-refractivity contribution in [2.75, 3.05) is 44.9 Å². The van der Waals surface area contributed by atoms with Gasteiger partial charge < -0.3 is 30.1 Å². The van der Waals surface area contributed by atoms with Gasteiger partial charge in [0.25, 0.3) is 0 Å². The Labute approximate surface area is 191 Å². The summed E-state index contributed by atoms with van der Waals surface area (Å²) in [6, 6.07) is 14.6. The van der Waals surface area contributed by atoms with Crippen LogP contribution >= 0.6 is 0 Å². The molecule has 0 bridgehead atoms. The minimum Gasteiger partial charge on any atom is -0.493 e. The average Bonchev–Trinajstić information content (AvgIpc) is 3.36. The smallest absolute Gasteiger partial charge is 0.192 e. The summed E-state index contributed by atoms with van der Waals surface area (Å²) in [7, 11) is 1.61. The van der Waals surface area contributed by atoms with Crippen LogP contribution in [0.2, 0.25) is 0 Å². The van der Waals surface area contributed by atoms with Gasteiger partial charge >= 0.3 is 0 Å². The predicted octanol–water partition coefficient (Wildman–Crippen LogP) is 3.48. The van der Waals surface area contributed by atoms with Gasteiger partial charge in [0.1, 0.15) is 6.61 Å². The first-order valence-electron chi connectivity index (χ1n) is 11.4. The molecule has 1 aliphatic rings. The van der Waals surface area contributed by atoms with E-state index < -0.39 is 0 Å². The van der Waals surface area contributed by atoms with Crippen LogP contribution in [-0.4, -0.2) is 51.0 Å². The lowest BCUT2D eigenvalue weighted by atomic mass is 10.1. The van der Waals surface area contributed by atoms with Crippen molar-refractivity contribution in [1.82, 2.24) is 10.6 Å². The quantitative estimate of drug-likeness (QED) is 0.388. The van der Waals surface area contributed by atoms with Crippen molar-refractivity contribution in [3.05, 3.63) is 53.6 Å². The fourth-order valence-electron chi connectivity index (χ4n) is 3.83. The van der Waals surface area contributed by atoms with Crippen LogP contribution in [0.4, 0.5) is 5.69 Å². The molecule has 1 atom stereocenters. The second-order valence-corrected chi connectivity index (χ2v) is 7.91. The van der Waals surface area contributed by atoms with E-state index in [2.05, 4.69) is 53.6 Å². The van der Waals surface area contributed by atoms with E-state index >= 15 is 0 Å². The molecule has 32 heavy (non-hydrogen) atoms. The van der Waals surface area contributed by atoms with E-state index in [0.29, 0.717) is 18.0 Å². The molecular weight excluding hydrogens is 404 g/mol. The number of guanidine groups is 1. The maximum absolute atomic E-state index is 8.97. The van der Waals surface area contributed by atoms with Gasteiger partial charge in [0, 0.05) is 25.3 Å². The molecule has 1 fully saturated rings. The summed E-state index contributed by atoms with van der Waals surface area (Å²) >= 11 is 0. The Morgan fingerprint density at radius 3 is 2.69 bits per heavy atom. The van der Waals surface area contributed by atoms with Crippen LogP contribution in [0.15, 0.2) is 47.5 Å². The minimum absolute atomic E-state index is 0.0357. The summed E-state index contributed by atoms with van der Waals surface area (Å²) < 4.78 is 10.9. The van der Waals surface area contributed by atoms with Crippen LogP contribution < -0.4 is 25.0 Å². The summed E-state index contributed by atoms with van der Waals surface area (Å²) in [5, 5.41) is 15.8. The topological polar surface area (TPSA) is 78.4 Å². The molecule has 3 N–H and O–H groups in total. The molecule has 1 saturated heterocycles. The van der Waals surface area contributed by atoms with Crippen molar-refractivity contribution in [1.29, 1.82) is 0 Å². The molecule has 0 amide bonds. The van der Waals surface area contributed by atoms with Gasteiger partial charge in [-0.2, -0.15) is 0 Å². The predicted molar refractivity (Wildman–Crippen MR) is 130 cm³/mol. The van der Waals surface area contributed by atoms with E-state index in [9.17, 15) is 0 Å². The molecule has 7 heteroatoms. The van der Waals surface area contributed by atoms with Crippen molar-refractivity contribution >= 4 is 11.6 Å². The van der Waals surface area contributed by atoms with Crippen LogP contribution in [0.1, 0.15) is 43.9 Å². The second-order valence-electron chi connectivity index (χ2n) is 7.91. The molecule has 0 aromatic heterocycles. The van der Waals surface area contributed by atoms with Crippen LogP contribution in [0.3, 0.4) is 0 Å². The molecule has 2 aromatic rings. The first kappa shape index (κ1) is 23.7. The van der Waals surface area contributed by atoms with Gasteiger partial charge in [-0.15, -0.1) is 0 Å². The summed E-state index contributed by atoms with van der Waals surface area (Å²) in [4.78, 5) is 7.22. The maximum Gasteiger partial charge on any atom is 0.192 e. The van der Waals surface area contributed by atoms with E-state index in [1.807, 2.05) is 18.2 Å². The van der Waals surface area contributed by atoms with Crippen molar-refractivity contribution in [3.8, 4) is 11.5 Å². The minimum atomic E-state index is -0.0357. The van der Waals surface area contributed by atoms with Gasteiger partial charge in [-0.3, -0.25) is 0 Å². The molecular formula is C25H36N4O3. The molecule has 1 heterocycles. The molecule has 3 rings (SSSR count). The lowest BCUT2D eigenvalue weighted by molar-refractivity contribution is 0.196.